The number of hydrogen-bond donors (Lipinski definition) is 0. The molecular weight excluding hydrogens is 254 g/mol. The van der Waals surface area contributed by atoms with Crippen molar-refractivity contribution in [2.45, 2.75) is 6.42 Å². The van der Waals surface area contributed by atoms with Crippen LogP contribution in [0.2, 0.25) is 0 Å². The number of carbonyl (C=O) groups excluding carboxylic acids is 1. The summed E-state index contributed by atoms with van der Waals surface area (Å²) in [5, 5.41) is 0. The maximum absolute atomic E-state index is 11.7. The highest BCUT2D eigenvalue weighted by Gasteiger charge is 2.28. The first-order valence-electron chi connectivity index (χ1n) is 4.89. The summed E-state index contributed by atoms with van der Waals surface area (Å²) in [5.41, 5.74) is 0.965. The number of amides is 1. The van der Waals surface area contributed by atoms with E-state index in [-0.39, 0.29) is 5.91 Å². The lowest BCUT2D eigenvalue weighted by atomic mass is 10.1. The van der Waals surface area contributed by atoms with Crippen LogP contribution in [0.5, 0.6) is 0 Å². The third-order valence-corrected chi connectivity index (χ3v) is 3.16. The lowest BCUT2D eigenvalue weighted by Crippen LogP contribution is -2.24. The third-order valence-electron chi connectivity index (χ3n) is 2.63. The molecule has 1 unspecified atom stereocenters. The molecular formula is C12H12BrNO. The van der Waals surface area contributed by atoms with Crippen LogP contribution in [-0.2, 0) is 4.79 Å². The van der Waals surface area contributed by atoms with Gasteiger partial charge in [0, 0.05) is 29.0 Å². The Hall–Kier alpha value is -1.09. The van der Waals surface area contributed by atoms with Gasteiger partial charge < -0.3 is 4.90 Å². The Morgan fingerprint density at radius 1 is 1.40 bits per heavy atom. The van der Waals surface area contributed by atoms with E-state index < -0.39 is 0 Å². The Kier molecular flexibility index (Phi) is 2.91. The van der Waals surface area contributed by atoms with Crippen LogP contribution in [0.4, 0.5) is 5.69 Å². The summed E-state index contributed by atoms with van der Waals surface area (Å²) in [5.74, 6) is 0.475. The lowest BCUT2D eigenvalue weighted by Gasteiger charge is -2.15. The van der Waals surface area contributed by atoms with E-state index in [1.54, 1.807) is 0 Å². The lowest BCUT2D eigenvalue weighted by molar-refractivity contribution is -0.117. The van der Waals surface area contributed by atoms with Gasteiger partial charge in [0.25, 0.3) is 0 Å². The minimum Gasteiger partial charge on any atom is -0.312 e. The van der Waals surface area contributed by atoms with Crippen LogP contribution < -0.4 is 4.90 Å². The van der Waals surface area contributed by atoms with E-state index in [0.717, 1.165) is 16.7 Å². The van der Waals surface area contributed by atoms with Crippen LogP contribution >= 0.6 is 15.9 Å². The molecule has 1 fully saturated rings. The summed E-state index contributed by atoms with van der Waals surface area (Å²) in [6.07, 6.45) is 2.44. The summed E-state index contributed by atoms with van der Waals surface area (Å²) in [6, 6.07) is 7.80. The number of rotatable bonds is 2. The van der Waals surface area contributed by atoms with Gasteiger partial charge in [-0.2, -0.15) is 0 Å². The van der Waals surface area contributed by atoms with E-state index >= 15 is 0 Å². The van der Waals surface area contributed by atoms with Gasteiger partial charge in [-0.25, -0.2) is 0 Å². The summed E-state index contributed by atoms with van der Waals surface area (Å²) in [7, 11) is 0. The van der Waals surface area contributed by atoms with Gasteiger partial charge in [-0.15, -0.1) is 6.58 Å². The van der Waals surface area contributed by atoms with Crippen LogP contribution in [0.3, 0.4) is 0 Å². The number of anilines is 1. The minimum absolute atomic E-state index is 0.183. The summed E-state index contributed by atoms with van der Waals surface area (Å²) in [4.78, 5) is 13.5. The number of halogens is 1. The molecule has 1 heterocycles. The Balaban J connectivity index is 2.21. The predicted octanol–water partition coefficient (Wildman–Crippen LogP) is 2.99. The molecule has 15 heavy (non-hydrogen) atoms. The second-order valence-corrected chi connectivity index (χ2v) is 4.60. The monoisotopic (exact) mass is 265 g/mol. The zero-order chi connectivity index (χ0) is 10.8. The molecule has 2 nitrogen and oxygen atoms in total. The fourth-order valence-corrected chi connectivity index (χ4v) is 2.03. The van der Waals surface area contributed by atoms with Crippen LogP contribution in [0.25, 0.3) is 0 Å². The first-order valence-corrected chi connectivity index (χ1v) is 5.68. The maximum Gasteiger partial charge on any atom is 0.227 e. The van der Waals surface area contributed by atoms with Crippen molar-refractivity contribution >= 4 is 27.5 Å². The molecule has 0 aromatic heterocycles. The predicted molar refractivity (Wildman–Crippen MR) is 64.8 cm³/mol. The molecule has 1 amide bonds. The molecule has 78 valence electrons. The standard InChI is InChI=1S/C12H12BrNO/c1-2-9-7-12(15)14(8-9)11-5-3-10(13)4-6-11/h2-6,9H,1,7-8H2. The van der Waals surface area contributed by atoms with Gasteiger partial charge in [0.1, 0.15) is 0 Å². The summed E-state index contributed by atoms with van der Waals surface area (Å²) >= 11 is 3.38. The fourth-order valence-electron chi connectivity index (χ4n) is 1.76. The smallest absolute Gasteiger partial charge is 0.227 e. The van der Waals surface area contributed by atoms with E-state index in [1.165, 1.54) is 0 Å². The molecule has 0 spiro atoms. The first-order chi connectivity index (χ1) is 7.20. The molecule has 0 radical (unpaired) electrons. The van der Waals surface area contributed by atoms with E-state index in [2.05, 4.69) is 22.5 Å². The van der Waals surface area contributed by atoms with Crippen molar-refractivity contribution in [3.8, 4) is 0 Å². The molecule has 1 aliphatic rings. The van der Waals surface area contributed by atoms with Gasteiger partial charge in [-0.05, 0) is 24.3 Å². The highest BCUT2D eigenvalue weighted by atomic mass is 79.9. The average Bonchev–Trinajstić information content (AvgIpc) is 2.61. The van der Waals surface area contributed by atoms with Gasteiger partial charge in [-0.3, -0.25) is 4.79 Å². The van der Waals surface area contributed by atoms with Crippen molar-refractivity contribution in [2.75, 3.05) is 11.4 Å². The topological polar surface area (TPSA) is 20.3 Å². The van der Waals surface area contributed by atoms with Crippen LogP contribution in [-0.4, -0.2) is 12.5 Å². The second kappa shape index (κ2) is 4.19. The number of carbonyl (C=O) groups is 1. The molecule has 2 rings (SSSR count). The second-order valence-electron chi connectivity index (χ2n) is 3.68. The molecule has 1 saturated heterocycles. The van der Waals surface area contributed by atoms with Crippen LogP contribution in [0, 0.1) is 5.92 Å². The van der Waals surface area contributed by atoms with Gasteiger partial charge in [-0.1, -0.05) is 22.0 Å². The molecule has 0 bridgehead atoms. The number of nitrogens with zero attached hydrogens (tertiary/aromatic N) is 1. The third kappa shape index (κ3) is 2.12. The first kappa shape index (κ1) is 10.4. The van der Waals surface area contributed by atoms with Gasteiger partial charge >= 0.3 is 0 Å². The van der Waals surface area contributed by atoms with Crippen molar-refractivity contribution in [1.29, 1.82) is 0 Å². The van der Waals surface area contributed by atoms with Crippen molar-refractivity contribution in [2.24, 2.45) is 5.92 Å². The summed E-state index contributed by atoms with van der Waals surface area (Å²) < 4.78 is 1.03. The molecule has 1 aromatic carbocycles. The molecule has 1 atom stereocenters. The van der Waals surface area contributed by atoms with E-state index in [1.807, 2.05) is 35.2 Å². The number of benzene rings is 1. The van der Waals surface area contributed by atoms with Crippen molar-refractivity contribution < 1.29 is 4.79 Å². The fraction of sp³-hybridized carbons (Fsp3) is 0.250. The van der Waals surface area contributed by atoms with Gasteiger partial charge in [0.05, 0.1) is 0 Å². The largest absolute Gasteiger partial charge is 0.312 e. The molecule has 1 aliphatic heterocycles. The minimum atomic E-state index is 0.183. The molecule has 0 N–H and O–H groups in total. The molecule has 1 aromatic rings. The van der Waals surface area contributed by atoms with Crippen molar-refractivity contribution in [3.63, 3.8) is 0 Å². The van der Waals surface area contributed by atoms with Crippen LogP contribution in [0.1, 0.15) is 6.42 Å². The van der Waals surface area contributed by atoms with Crippen molar-refractivity contribution in [1.82, 2.24) is 0 Å². The summed E-state index contributed by atoms with van der Waals surface area (Å²) in [6.45, 7) is 4.49. The highest BCUT2D eigenvalue weighted by molar-refractivity contribution is 9.10. The number of hydrogen-bond acceptors (Lipinski definition) is 1. The Bertz CT molecular complexity index is 385. The molecule has 0 aliphatic carbocycles. The van der Waals surface area contributed by atoms with Gasteiger partial charge in [0.15, 0.2) is 0 Å². The van der Waals surface area contributed by atoms with Crippen LogP contribution in [0.15, 0.2) is 41.4 Å². The Morgan fingerprint density at radius 3 is 2.60 bits per heavy atom. The van der Waals surface area contributed by atoms with Crippen molar-refractivity contribution in [3.05, 3.63) is 41.4 Å². The van der Waals surface area contributed by atoms with E-state index in [9.17, 15) is 4.79 Å². The Labute approximate surface area is 97.7 Å². The SMILES string of the molecule is C=CC1CC(=O)N(c2ccc(Br)cc2)C1. The quantitative estimate of drug-likeness (QED) is 0.753. The zero-order valence-corrected chi connectivity index (χ0v) is 9.90. The zero-order valence-electron chi connectivity index (χ0n) is 8.32. The average molecular weight is 266 g/mol. The Morgan fingerprint density at radius 2 is 2.07 bits per heavy atom. The van der Waals surface area contributed by atoms with E-state index in [4.69, 9.17) is 0 Å². The highest BCUT2D eigenvalue weighted by Crippen LogP contribution is 2.26. The maximum atomic E-state index is 11.7. The van der Waals surface area contributed by atoms with Gasteiger partial charge in [0.2, 0.25) is 5.91 Å². The van der Waals surface area contributed by atoms with E-state index in [0.29, 0.717) is 12.3 Å². The normalized spacial score (nSPS) is 20.7. The molecule has 3 heteroatoms. The molecule has 0 saturated carbocycles.